The van der Waals surface area contributed by atoms with Gasteiger partial charge < -0.3 is 5.32 Å². The summed E-state index contributed by atoms with van der Waals surface area (Å²) in [6, 6.07) is 8.81. The second-order valence-corrected chi connectivity index (χ2v) is 6.06. The third kappa shape index (κ3) is 3.84. The number of carbonyl (C=O) groups excluding carboxylic acids is 1. The molecule has 0 aromatic heterocycles. The van der Waals surface area contributed by atoms with E-state index in [4.69, 9.17) is 23.2 Å². The summed E-state index contributed by atoms with van der Waals surface area (Å²) in [4.78, 5) is 22.2. The minimum Gasteiger partial charge on any atom is -0.321 e. The van der Waals surface area contributed by atoms with Crippen LogP contribution in [-0.2, 0) is 0 Å². The highest BCUT2D eigenvalue weighted by Gasteiger charge is 2.16. The van der Waals surface area contributed by atoms with Gasteiger partial charge in [-0.2, -0.15) is 0 Å². The van der Waals surface area contributed by atoms with Crippen LogP contribution in [0.25, 0.3) is 0 Å². The summed E-state index contributed by atoms with van der Waals surface area (Å²) in [5.74, 6) is -0.488. The number of hydrogen-bond donors (Lipinski definition) is 1. The fraction of sp³-hybridized carbons (Fsp3) is 0. The average Bonchev–Trinajstić information content (AvgIpc) is 2.41. The summed E-state index contributed by atoms with van der Waals surface area (Å²) in [6.45, 7) is 0. The van der Waals surface area contributed by atoms with Crippen LogP contribution in [-0.4, -0.2) is 10.8 Å². The minimum atomic E-state index is -0.580. The van der Waals surface area contributed by atoms with E-state index in [1.165, 1.54) is 12.1 Å². The zero-order valence-corrected chi connectivity index (χ0v) is 13.9. The molecule has 0 saturated carbocycles. The van der Waals surface area contributed by atoms with Gasteiger partial charge in [0, 0.05) is 15.7 Å². The lowest BCUT2D eigenvalue weighted by atomic mass is 10.2. The number of benzene rings is 2. The fourth-order valence-electron chi connectivity index (χ4n) is 1.58. The van der Waals surface area contributed by atoms with E-state index < -0.39 is 10.8 Å². The highest BCUT2D eigenvalue weighted by atomic mass is 127. The van der Waals surface area contributed by atoms with Gasteiger partial charge in [0.05, 0.1) is 26.2 Å². The summed E-state index contributed by atoms with van der Waals surface area (Å²) < 4.78 is 0.934. The lowest BCUT2D eigenvalue weighted by Gasteiger charge is -2.08. The lowest BCUT2D eigenvalue weighted by Crippen LogP contribution is -2.13. The molecule has 0 aliphatic heterocycles. The van der Waals surface area contributed by atoms with Crippen molar-refractivity contribution < 1.29 is 9.72 Å². The van der Waals surface area contributed by atoms with Crippen LogP contribution in [0.4, 0.5) is 11.4 Å². The van der Waals surface area contributed by atoms with Crippen LogP contribution in [0.1, 0.15) is 10.4 Å². The van der Waals surface area contributed by atoms with Gasteiger partial charge in [-0.1, -0.05) is 23.2 Å². The maximum atomic E-state index is 12.1. The second kappa shape index (κ2) is 6.59. The lowest BCUT2D eigenvalue weighted by molar-refractivity contribution is -0.384. The van der Waals surface area contributed by atoms with Crippen molar-refractivity contribution in [2.45, 2.75) is 0 Å². The number of halogens is 3. The predicted molar refractivity (Wildman–Crippen MR) is 90.2 cm³/mol. The summed E-state index contributed by atoms with van der Waals surface area (Å²) in [5.41, 5.74) is 0.400. The summed E-state index contributed by atoms with van der Waals surface area (Å²) in [7, 11) is 0. The summed E-state index contributed by atoms with van der Waals surface area (Å²) >= 11 is 14.0. The average molecular weight is 437 g/mol. The van der Waals surface area contributed by atoms with E-state index in [1.54, 1.807) is 18.2 Å². The predicted octanol–water partition coefficient (Wildman–Crippen LogP) is 4.76. The number of nitrogens with one attached hydrogen (secondary N) is 1. The Morgan fingerprint density at radius 1 is 1.14 bits per heavy atom. The molecular formula is C13H7Cl2IN2O3. The van der Waals surface area contributed by atoms with Crippen LogP contribution in [0.2, 0.25) is 10.0 Å². The van der Waals surface area contributed by atoms with E-state index in [-0.39, 0.29) is 16.3 Å². The van der Waals surface area contributed by atoms with Crippen LogP contribution >= 0.6 is 45.8 Å². The number of hydrogen-bond acceptors (Lipinski definition) is 3. The van der Waals surface area contributed by atoms with E-state index in [0.717, 1.165) is 9.64 Å². The van der Waals surface area contributed by atoms with Gasteiger partial charge in [-0.15, -0.1) is 0 Å². The number of anilines is 1. The molecule has 21 heavy (non-hydrogen) atoms. The molecule has 108 valence electrons. The number of rotatable bonds is 3. The van der Waals surface area contributed by atoms with Crippen molar-refractivity contribution in [1.29, 1.82) is 0 Å². The molecule has 1 N–H and O–H groups in total. The first-order chi connectivity index (χ1) is 9.88. The normalized spacial score (nSPS) is 10.2. The first-order valence-electron chi connectivity index (χ1n) is 5.59. The monoisotopic (exact) mass is 436 g/mol. The summed E-state index contributed by atoms with van der Waals surface area (Å²) in [5, 5.41) is 13.6. The molecule has 2 aromatic carbocycles. The largest absolute Gasteiger partial charge is 0.321 e. The van der Waals surface area contributed by atoms with Gasteiger partial charge in [-0.05, 0) is 46.9 Å². The number of nitrogens with zero attached hydrogens (tertiary/aromatic N) is 1. The number of amides is 1. The molecule has 0 spiro atoms. The zero-order chi connectivity index (χ0) is 15.6. The fourth-order valence-corrected chi connectivity index (χ4v) is 2.75. The van der Waals surface area contributed by atoms with E-state index in [9.17, 15) is 14.9 Å². The molecule has 0 saturated heterocycles. The maximum Gasteiger partial charge on any atom is 0.270 e. The maximum absolute atomic E-state index is 12.1. The first-order valence-corrected chi connectivity index (χ1v) is 7.42. The highest BCUT2D eigenvalue weighted by Crippen LogP contribution is 2.27. The third-order valence-electron chi connectivity index (χ3n) is 2.59. The molecule has 0 bridgehead atoms. The van der Waals surface area contributed by atoms with Gasteiger partial charge in [0.1, 0.15) is 0 Å². The van der Waals surface area contributed by atoms with E-state index in [1.807, 2.05) is 0 Å². The first kappa shape index (κ1) is 16.0. The second-order valence-electron chi connectivity index (χ2n) is 4.00. The van der Waals surface area contributed by atoms with E-state index in [2.05, 4.69) is 27.9 Å². The van der Waals surface area contributed by atoms with Gasteiger partial charge in [-0.3, -0.25) is 14.9 Å². The van der Waals surface area contributed by atoms with Gasteiger partial charge in [0.15, 0.2) is 0 Å². The van der Waals surface area contributed by atoms with Crippen LogP contribution in [0, 0.1) is 13.7 Å². The van der Waals surface area contributed by atoms with Gasteiger partial charge >= 0.3 is 0 Å². The Bertz CT molecular complexity index is 737. The van der Waals surface area contributed by atoms with Crippen molar-refractivity contribution >= 4 is 63.1 Å². The van der Waals surface area contributed by atoms with Crippen molar-refractivity contribution in [3.05, 3.63) is 65.7 Å². The molecular weight excluding hydrogens is 430 g/mol. The van der Waals surface area contributed by atoms with Gasteiger partial charge in [-0.25, -0.2) is 0 Å². The Morgan fingerprint density at radius 2 is 1.86 bits per heavy atom. The standard InChI is InChI=1S/C13H7Cl2IN2O3/c14-10-6-8(18(20)21)2-3-9(10)13(19)17-12-4-1-7(16)5-11(12)15/h1-6H,(H,17,19). The molecule has 2 aromatic rings. The SMILES string of the molecule is O=C(Nc1ccc(I)cc1Cl)c1ccc([N+](=O)[O-])cc1Cl. The molecule has 5 nitrogen and oxygen atoms in total. The van der Waals surface area contributed by atoms with Gasteiger partial charge in [0.2, 0.25) is 0 Å². The molecule has 8 heteroatoms. The molecule has 0 fully saturated rings. The van der Waals surface area contributed by atoms with Crippen molar-refractivity contribution in [2.24, 2.45) is 0 Å². The van der Waals surface area contributed by atoms with E-state index >= 15 is 0 Å². The molecule has 0 atom stereocenters. The van der Waals surface area contributed by atoms with Crippen LogP contribution in [0.15, 0.2) is 36.4 Å². The van der Waals surface area contributed by atoms with Crippen molar-refractivity contribution in [2.75, 3.05) is 5.32 Å². The zero-order valence-electron chi connectivity index (χ0n) is 10.3. The van der Waals surface area contributed by atoms with Crippen molar-refractivity contribution in [3.63, 3.8) is 0 Å². The van der Waals surface area contributed by atoms with Crippen LogP contribution in [0.3, 0.4) is 0 Å². The summed E-state index contributed by atoms with van der Waals surface area (Å²) in [6.07, 6.45) is 0. The molecule has 0 aliphatic rings. The molecule has 0 radical (unpaired) electrons. The molecule has 0 heterocycles. The number of non-ortho nitro benzene ring substituents is 1. The topological polar surface area (TPSA) is 72.2 Å². The molecule has 2 rings (SSSR count). The Hall–Kier alpha value is -1.38. The third-order valence-corrected chi connectivity index (χ3v) is 3.88. The quantitative estimate of drug-likeness (QED) is 0.428. The molecule has 0 aliphatic carbocycles. The Kier molecular flexibility index (Phi) is 5.02. The van der Waals surface area contributed by atoms with Crippen LogP contribution in [0.5, 0.6) is 0 Å². The Labute approximate surface area is 143 Å². The Morgan fingerprint density at radius 3 is 2.43 bits per heavy atom. The Balaban J connectivity index is 2.26. The molecule has 0 unspecified atom stereocenters. The van der Waals surface area contributed by atoms with Gasteiger partial charge in [0.25, 0.3) is 11.6 Å². The number of carbonyl (C=O) groups is 1. The van der Waals surface area contributed by atoms with Crippen molar-refractivity contribution in [3.8, 4) is 0 Å². The highest BCUT2D eigenvalue weighted by molar-refractivity contribution is 14.1. The number of nitro groups is 1. The number of nitro benzene ring substituents is 1. The van der Waals surface area contributed by atoms with E-state index in [0.29, 0.717) is 10.7 Å². The smallest absolute Gasteiger partial charge is 0.270 e. The van der Waals surface area contributed by atoms with Crippen molar-refractivity contribution in [1.82, 2.24) is 0 Å². The minimum absolute atomic E-state index is 0.00309. The molecule has 1 amide bonds. The van der Waals surface area contributed by atoms with Crippen LogP contribution < -0.4 is 5.32 Å².